The van der Waals surface area contributed by atoms with Gasteiger partial charge in [0.2, 0.25) is 0 Å². The average Bonchev–Trinajstić information content (AvgIpc) is 2.06. The first-order valence-electron chi connectivity index (χ1n) is 3.88. The molecule has 4 nitrogen and oxygen atoms in total. The summed E-state index contributed by atoms with van der Waals surface area (Å²) in [5.41, 5.74) is -0.220. The monoisotopic (exact) mass is 401 g/mol. The molecule has 0 aromatic carbocycles. The Morgan fingerprint density at radius 1 is 1.47 bits per heavy atom. The lowest BCUT2D eigenvalue weighted by atomic mass is 10.3. The SMILES string of the molecule is Cc1nc(S(=O)(=O)Cl)c(I)cc1OC(F)(F)F. The number of aryl methyl sites for hydroxylation is 1. The molecule has 0 atom stereocenters. The molecule has 1 aromatic heterocycles. The Hall–Kier alpha value is -0.290. The molecule has 0 spiro atoms. The van der Waals surface area contributed by atoms with Gasteiger partial charge in [0.25, 0.3) is 9.05 Å². The third-order valence-corrected chi connectivity index (χ3v) is 3.94. The summed E-state index contributed by atoms with van der Waals surface area (Å²) in [5.74, 6) is -0.564. The molecule has 0 aliphatic carbocycles. The zero-order valence-corrected chi connectivity index (χ0v) is 11.8. The molecule has 0 fully saturated rings. The van der Waals surface area contributed by atoms with E-state index in [1.807, 2.05) is 0 Å². The minimum atomic E-state index is -4.86. The number of nitrogens with zero attached hydrogens (tertiary/aromatic N) is 1. The van der Waals surface area contributed by atoms with Crippen molar-refractivity contribution in [1.82, 2.24) is 4.98 Å². The average molecular weight is 402 g/mol. The third-order valence-electron chi connectivity index (χ3n) is 1.54. The van der Waals surface area contributed by atoms with Crippen LogP contribution in [0.25, 0.3) is 0 Å². The van der Waals surface area contributed by atoms with E-state index in [1.54, 1.807) is 0 Å². The fourth-order valence-electron chi connectivity index (χ4n) is 0.941. The molecular weight excluding hydrogens is 397 g/mol. The van der Waals surface area contributed by atoms with Gasteiger partial charge in [0.15, 0.2) is 10.8 Å². The largest absolute Gasteiger partial charge is 0.573 e. The molecule has 0 saturated carbocycles. The summed E-state index contributed by atoms with van der Waals surface area (Å²) >= 11 is 1.51. The van der Waals surface area contributed by atoms with E-state index in [9.17, 15) is 21.6 Å². The lowest BCUT2D eigenvalue weighted by Gasteiger charge is -2.12. The normalized spacial score (nSPS) is 12.6. The quantitative estimate of drug-likeness (QED) is 0.565. The molecule has 17 heavy (non-hydrogen) atoms. The number of pyridine rings is 1. The maximum atomic E-state index is 12.0. The fraction of sp³-hybridized carbons (Fsp3) is 0.286. The van der Waals surface area contributed by atoms with Crippen LogP contribution in [0.2, 0.25) is 0 Å². The van der Waals surface area contributed by atoms with E-state index in [0.717, 1.165) is 6.07 Å². The molecule has 0 bridgehead atoms. The van der Waals surface area contributed by atoms with Crippen LogP contribution in [0.1, 0.15) is 5.69 Å². The Balaban J connectivity index is 3.29. The predicted molar refractivity (Wildman–Crippen MR) is 61.4 cm³/mol. The second-order valence-corrected chi connectivity index (χ2v) is 6.49. The topological polar surface area (TPSA) is 56.3 Å². The van der Waals surface area contributed by atoms with E-state index in [2.05, 4.69) is 9.72 Å². The van der Waals surface area contributed by atoms with Gasteiger partial charge in [-0.15, -0.1) is 13.2 Å². The van der Waals surface area contributed by atoms with Gasteiger partial charge in [-0.1, -0.05) is 0 Å². The molecular formula is C7H4ClF3INO3S. The molecule has 1 heterocycles. The number of halogens is 5. The molecule has 96 valence electrons. The van der Waals surface area contributed by atoms with Crippen LogP contribution in [-0.2, 0) is 9.05 Å². The van der Waals surface area contributed by atoms with Crippen LogP contribution in [0.5, 0.6) is 5.75 Å². The van der Waals surface area contributed by atoms with Gasteiger partial charge in [-0.3, -0.25) is 0 Å². The van der Waals surface area contributed by atoms with E-state index < -0.39 is 26.2 Å². The molecule has 0 radical (unpaired) electrons. The third kappa shape index (κ3) is 4.14. The van der Waals surface area contributed by atoms with E-state index in [1.165, 1.54) is 29.5 Å². The van der Waals surface area contributed by atoms with Crippen LogP contribution in [0.4, 0.5) is 13.2 Å². The van der Waals surface area contributed by atoms with Crippen molar-refractivity contribution < 1.29 is 26.3 Å². The first-order valence-corrected chi connectivity index (χ1v) is 7.27. The van der Waals surface area contributed by atoms with Gasteiger partial charge in [0.05, 0.1) is 9.26 Å². The van der Waals surface area contributed by atoms with Gasteiger partial charge in [-0.05, 0) is 35.6 Å². The lowest BCUT2D eigenvalue weighted by Crippen LogP contribution is -2.18. The number of hydrogen-bond acceptors (Lipinski definition) is 4. The molecule has 10 heteroatoms. The summed E-state index contributed by atoms with van der Waals surface area (Å²) in [6.45, 7) is 1.18. The molecule has 0 aliphatic rings. The highest BCUT2D eigenvalue weighted by Crippen LogP contribution is 2.30. The summed E-state index contributed by atoms with van der Waals surface area (Å²) < 4.78 is 61.7. The first-order chi connectivity index (χ1) is 7.50. The minimum Gasteiger partial charge on any atom is -0.404 e. The van der Waals surface area contributed by atoms with Crippen molar-refractivity contribution >= 4 is 42.3 Å². The standard InChI is InChI=1S/C7H4ClF3INO3S/c1-3-5(16-7(9,10)11)2-4(12)6(13-3)17(8,14)15/h2H,1H3. The Morgan fingerprint density at radius 2 is 2.00 bits per heavy atom. The number of hydrogen-bond donors (Lipinski definition) is 0. The Labute approximate surface area is 113 Å². The second-order valence-electron chi connectivity index (χ2n) is 2.84. The van der Waals surface area contributed by atoms with Gasteiger partial charge in [-0.2, -0.15) is 0 Å². The summed E-state index contributed by atoms with van der Waals surface area (Å²) in [6, 6.07) is 0.908. The maximum Gasteiger partial charge on any atom is 0.573 e. The number of ether oxygens (including phenoxy) is 1. The van der Waals surface area contributed by atoms with Gasteiger partial charge in [0.1, 0.15) is 0 Å². The van der Waals surface area contributed by atoms with Crippen LogP contribution < -0.4 is 4.74 Å². The van der Waals surface area contributed by atoms with Crippen molar-refractivity contribution in [2.75, 3.05) is 0 Å². The van der Waals surface area contributed by atoms with Gasteiger partial charge >= 0.3 is 6.36 Å². The molecule has 1 rings (SSSR count). The van der Waals surface area contributed by atoms with E-state index in [4.69, 9.17) is 10.7 Å². The van der Waals surface area contributed by atoms with Crippen LogP contribution in [-0.4, -0.2) is 19.8 Å². The van der Waals surface area contributed by atoms with E-state index in [-0.39, 0.29) is 9.26 Å². The zero-order chi connectivity index (χ0) is 13.4. The van der Waals surface area contributed by atoms with E-state index >= 15 is 0 Å². The van der Waals surface area contributed by atoms with Crippen molar-refractivity contribution in [3.05, 3.63) is 15.3 Å². The molecule has 0 N–H and O–H groups in total. The molecule has 0 unspecified atom stereocenters. The first kappa shape index (κ1) is 14.8. The van der Waals surface area contributed by atoms with Crippen molar-refractivity contribution in [2.45, 2.75) is 18.3 Å². The van der Waals surface area contributed by atoms with Gasteiger partial charge < -0.3 is 4.74 Å². The van der Waals surface area contributed by atoms with E-state index in [0.29, 0.717) is 0 Å². The van der Waals surface area contributed by atoms with Crippen molar-refractivity contribution in [3.63, 3.8) is 0 Å². The van der Waals surface area contributed by atoms with Crippen LogP contribution >= 0.6 is 33.3 Å². The second kappa shape index (κ2) is 4.76. The zero-order valence-electron chi connectivity index (χ0n) is 8.05. The van der Waals surface area contributed by atoms with Crippen molar-refractivity contribution in [2.24, 2.45) is 0 Å². The minimum absolute atomic E-state index is 0.0533. The predicted octanol–water partition coefficient (Wildman–Crippen LogP) is 2.82. The highest BCUT2D eigenvalue weighted by Gasteiger charge is 2.32. The summed E-state index contributed by atoms with van der Waals surface area (Å²) in [6.07, 6.45) is -4.86. The van der Waals surface area contributed by atoms with Gasteiger partial charge in [-0.25, -0.2) is 13.4 Å². The Bertz CT molecular complexity index is 546. The number of aromatic nitrogens is 1. The maximum absolute atomic E-state index is 12.0. The molecule has 0 aliphatic heterocycles. The highest BCUT2D eigenvalue weighted by atomic mass is 127. The Morgan fingerprint density at radius 3 is 2.41 bits per heavy atom. The molecule has 1 aromatic rings. The number of alkyl halides is 3. The molecule has 0 amide bonds. The molecule has 0 saturated heterocycles. The fourth-order valence-corrected chi connectivity index (χ4v) is 3.50. The van der Waals surface area contributed by atoms with Crippen LogP contribution in [0, 0.1) is 10.5 Å². The van der Waals surface area contributed by atoms with Gasteiger partial charge in [0, 0.05) is 10.7 Å². The summed E-state index contributed by atoms with van der Waals surface area (Å²) in [7, 11) is 0.963. The summed E-state index contributed by atoms with van der Waals surface area (Å²) in [4.78, 5) is 3.48. The Kier molecular flexibility index (Phi) is 4.14. The van der Waals surface area contributed by atoms with Crippen LogP contribution in [0.3, 0.4) is 0 Å². The smallest absolute Gasteiger partial charge is 0.404 e. The number of rotatable bonds is 2. The summed E-state index contributed by atoms with van der Waals surface area (Å²) in [5, 5.41) is -0.494. The highest BCUT2D eigenvalue weighted by molar-refractivity contribution is 14.1. The lowest BCUT2D eigenvalue weighted by molar-refractivity contribution is -0.275. The van der Waals surface area contributed by atoms with Crippen molar-refractivity contribution in [3.8, 4) is 5.75 Å². The van der Waals surface area contributed by atoms with Crippen molar-refractivity contribution in [1.29, 1.82) is 0 Å². The van der Waals surface area contributed by atoms with Crippen LogP contribution in [0.15, 0.2) is 11.1 Å².